The number of aromatic nitrogens is 2. The van der Waals surface area contributed by atoms with Gasteiger partial charge < -0.3 is 24.6 Å². The number of ether oxygens (including phenoxy) is 2. The molecule has 3 aromatic rings. The predicted octanol–water partition coefficient (Wildman–Crippen LogP) is 4.73. The summed E-state index contributed by atoms with van der Waals surface area (Å²) in [6.45, 7) is 3.76. The number of nitrogens with zero attached hydrogens (tertiary/aromatic N) is 2. The number of carbonyl (C=O) groups excluding carboxylic acids is 2. The van der Waals surface area contributed by atoms with Gasteiger partial charge in [0.05, 0.1) is 36.5 Å². The summed E-state index contributed by atoms with van der Waals surface area (Å²) in [6.07, 6.45) is 2.30. The summed E-state index contributed by atoms with van der Waals surface area (Å²) in [7, 11) is 1.39. The zero-order valence-electron chi connectivity index (χ0n) is 19.7. The van der Waals surface area contributed by atoms with E-state index in [1.165, 1.54) is 25.4 Å². The van der Waals surface area contributed by atoms with Crippen LogP contribution in [-0.4, -0.2) is 41.2 Å². The minimum atomic E-state index is -1.12. The molecule has 2 amide bonds. The number of methoxy groups -OCH3 is 1. The van der Waals surface area contributed by atoms with Crippen LogP contribution in [0.1, 0.15) is 49.0 Å². The minimum Gasteiger partial charge on any atom is -0.492 e. The zero-order valence-corrected chi connectivity index (χ0v) is 21.2. The Morgan fingerprint density at radius 3 is 2.61 bits per heavy atom. The van der Waals surface area contributed by atoms with Gasteiger partial charge in [-0.05, 0) is 50.0 Å². The van der Waals surface area contributed by atoms with Crippen molar-refractivity contribution in [1.29, 1.82) is 0 Å². The van der Waals surface area contributed by atoms with Crippen LogP contribution >= 0.6 is 23.2 Å². The Labute approximate surface area is 216 Å². The lowest BCUT2D eigenvalue weighted by Crippen LogP contribution is -2.49. The summed E-state index contributed by atoms with van der Waals surface area (Å²) < 4.78 is 30.5. The molecular weight excluding hydrogens is 514 g/mol. The van der Waals surface area contributed by atoms with E-state index in [0.29, 0.717) is 46.4 Å². The van der Waals surface area contributed by atoms with E-state index >= 15 is 4.39 Å². The Morgan fingerprint density at radius 1 is 1.25 bits per heavy atom. The van der Waals surface area contributed by atoms with Crippen molar-refractivity contribution in [3.05, 3.63) is 57.8 Å². The number of amides is 2. The average molecular weight is 537 g/mol. The highest BCUT2D eigenvalue weighted by Crippen LogP contribution is 2.40. The second kappa shape index (κ2) is 10.3. The summed E-state index contributed by atoms with van der Waals surface area (Å²) in [4.78, 5) is 29.6. The van der Waals surface area contributed by atoms with Crippen molar-refractivity contribution in [1.82, 2.24) is 20.8 Å². The van der Waals surface area contributed by atoms with Crippen molar-refractivity contribution in [2.75, 3.05) is 13.7 Å². The lowest BCUT2D eigenvalue weighted by Gasteiger charge is -2.21. The molecule has 2 heterocycles. The van der Waals surface area contributed by atoms with Crippen LogP contribution in [0.2, 0.25) is 10.0 Å². The first kappa shape index (κ1) is 25.7. The van der Waals surface area contributed by atoms with Gasteiger partial charge in [0.15, 0.2) is 0 Å². The fourth-order valence-corrected chi connectivity index (χ4v) is 4.21. The van der Waals surface area contributed by atoms with Gasteiger partial charge in [-0.2, -0.15) is 0 Å². The Morgan fingerprint density at radius 2 is 2.00 bits per heavy atom. The highest BCUT2D eigenvalue weighted by atomic mass is 35.5. The van der Waals surface area contributed by atoms with E-state index < -0.39 is 29.2 Å². The van der Waals surface area contributed by atoms with Gasteiger partial charge in [-0.3, -0.25) is 14.6 Å². The van der Waals surface area contributed by atoms with Crippen molar-refractivity contribution >= 4 is 35.0 Å². The van der Waals surface area contributed by atoms with Gasteiger partial charge in [-0.1, -0.05) is 23.2 Å². The first-order chi connectivity index (χ1) is 17.2. The maximum absolute atomic E-state index is 15.1. The highest BCUT2D eigenvalue weighted by Gasteiger charge is 2.52. The number of carbonyl (C=O) groups is 2. The molecule has 1 saturated carbocycles. The van der Waals surface area contributed by atoms with E-state index in [1.807, 2.05) is 0 Å². The average Bonchev–Trinajstić information content (AvgIpc) is 3.45. The van der Waals surface area contributed by atoms with Gasteiger partial charge in [0.1, 0.15) is 17.1 Å². The quantitative estimate of drug-likeness (QED) is 0.406. The van der Waals surface area contributed by atoms with E-state index in [1.54, 1.807) is 26.0 Å². The summed E-state index contributed by atoms with van der Waals surface area (Å²) >= 11 is 12.4. The fourth-order valence-electron chi connectivity index (χ4n) is 3.66. The molecule has 0 radical (unpaired) electrons. The Hall–Kier alpha value is -3.37. The van der Waals surface area contributed by atoms with E-state index in [9.17, 15) is 9.59 Å². The maximum Gasteiger partial charge on any atom is 0.290 e. The van der Waals surface area contributed by atoms with Gasteiger partial charge in [0.25, 0.3) is 11.8 Å². The fraction of sp³-hybridized carbons (Fsp3) is 0.333. The number of hydrogen-bond donors (Lipinski definition) is 2. The number of halogens is 3. The number of nitrogens with one attached hydrogen (secondary N) is 2. The molecule has 4 rings (SSSR count). The predicted molar refractivity (Wildman–Crippen MR) is 130 cm³/mol. The van der Waals surface area contributed by atoms with Crippen molar-refractivity contribution in [3.8, 4) is 22.8 Å². The Bertz CT molecular complexity index is 1310. The molecule has 9 nitrogen and oxygen atoms in total. The second-order valence-corrected chi connectivity index (χ2v) is 9.10. The highest BCUT2D eigenvalue weighted by molar-refractivity contribution is 6.36. The molecule has 0 bridgehead atoms. The molecule has 0 saturated heterocycles. The molecule has 1 fully saturated rings. The molecule has 1 aliphatic carbocycles. The van der Waals surface area contributed by atoms with E-state index in [4.69, 9.17) is 37.2 Å². The van der Waals surface area contributed by atoms with Gasteiger partial charge in [-0.25, -0.2) is 4.39 Å². The number of pyridine rings is 1. The third kappa shape index (κ3) is 5.24. The topological polar surface area (TPSA) is 116 Å². The van der Waals surface area contributed by atoms with Gasteiger partial charge in [0.2, 0.25) is 11.7 Å². The molecule has 12 heteroatoms. The van der Waals surface area contributed by atoms with Crippen molar-refractivity contribution in [2.24, 2.45) is 0 Å². The van der Waals surface area contributed by atoms with Crippen LogP contribution in [0.15, 0.2) is 35.0 Å². The SMILES string of the molecule is CCOc1c(Cl)cc(Cl)cc1-c1cnc([C@@H](C)NC(=O)C2(NC(=O)c3cc(OC)no3)CC2)c(F)c1. The monoisotopic (exact) mass is 536 g/mol. The van der Waals surface area contributed by atoms with Gasteiger partial charge in [-0.15, -0.1) is 0 Å². The molecule has 0 unspecified atom stereocenters. The first-order valence-electron chi connectivity index (χ1n) is 11.1. The van der Waals surface area contributed by atoms with Crippen LogP contribution in [0.4, 0.5) is 4.39 Å². The van der Waals surface area contributed by atoms with Crippen molar-refractivity contribution < 1.29 is 28.0 Å². The van der Waals surface area contributed by atoms with E-state index in [-0.39, 0.29) is 17.3 Å². The van der Waals surface area contributed by atoms with Crippen LogP contribution in [0, 0.1) is 5.82 Å². The van der Waals surface area contributed by atoms with Gasteiger partial charge >= 0.3 is 0 Å². The largest absolute Gasteiger partial charge is 0.492 e. The van der Waals surface area contributed by atoms with Gasteiger partial charge in [0, 0.05) is 22.3 Å². The summed E-state index contributed by atoms with van der Waals surface area (Å²) in [6, 6.07) is 4.97. The Balaban J connectivity index is 1.48. The number of hydrogen-bond acceptors (Lipinski definition) is 7. The second-order valence-electron chi connectivity index (χ2n) is 8.25. The molecule has 1 atom stereocenters. The third-order valence-electron chi connectivity index (χ3n) is 5.69. The van der Waals surface area contributed by atoms with Crippen LogP contribution in [0.25, 0.3) is 11.1 Å². The third-order valence-corrected chi connectivity index (χ3v) is 6.19. The lowest BCUT2D eigenvalue weighted by molar-refractivity contribution is -0.124. The minimum absolute atomic E-state index is 0.0280. The smallest absolute Gasteiger partial charge is 0.290 e. The van der Waals surface area contributed by atoms with Crippen LogP contribution in [0.3, 0.4) is 0 Å². The normalized spacial score (nSPS) is 14.6. The zero-order chi connectivity index (χ0) is 26.0. The standard InChI is InChI=1S/C24H23Cl2FN4O5/c1-4-35-21-15(8-14(25)9-16(21)26)13-7-17(27)20(28-11-13)12(2)29-23(33)24(5-6-24)30-22(32)18-10-19(34-3)31-36-18/h7-12H,4-6H2,1-3H3,(H,29,33)(H,30,32)/t12-/m1/s1. The van der Waals surface area contributed by atoms with Crippen LogP contribution in [-0.2, 0) is 4.79 Å². The van der Waals surface area contributed by atoms with Crippen LogP contribution < -0.4 is 20.1 Å². The molecule has 1 aliphatic rings. The van der Waals surface area contributed by atoms with Crippen molar-refractivity contribution in [2.45, 2.75) is 38.3 Å². The molecule has 1 aromatic carbocycles. The molecule has 36 heavy (non-hydrogen) atoms. The lowest BCUT2D eigenvalue weighted by atomic mass is 10.0. The number of rotatable bonds is 9. The van der Waals surface area contributed by atoms with Crippen molar-refractivity contribution in [3.63, 3.8) is 0 Å². The molecule has 0 aliphatic heterocycles. The molecule has 2 N–H and O–H groups in total. The van der Waals surface area contributed by atoms with E-state index in [0.717, 1.165) is 0 Å². The number of benzene rings is 1. The first-order valence-corrected chi connectivity index (χ1v) is 11.8. The Kier molecular flexibility index (Phi) is 7.37. The molecular formula is C24H23Cl2FN4O5. The molecule has 190 valence electrons. The molecule has 0 spiro atoms. The summed E-state index contributed by atoms with van der Waals surface area (Å²) in [5, 5.41) is 9.62. The van der Waals surface area contributed by atoms with E-state index in [2.05, 4.69) is 20.8 Å². The van der Waals surface area contributed by atoms with Crippen LogP contribution in [0.5, 0.6) is 11.6 Å². The summed E-state index contributed by atoms with van der Waals surface area (Å²) in [5.41, 5.74) is -0.185. The summed E-state index contributed by atoms with van der Waals surface area (Å²) in [5.74, 6) is -1.28. The molecule has 2 aromatic heterocycles. The maximum atomic E-state index is 15.1.